The lowest BCUT2D eigenvalue weighted by atomic mass is 9.96. The van der Waals surface area contributed by atoms with Crippen LogP contribution in [0.1, 0.15) is 151 Å². The van der Waals surface area contributed by atoms with Gasteiger partial charge in [-0.3, -0.25) is 22.0 Å². The fraction of sp³-hybridized carbons (Fsp3) is 0.405. The molecule has 0 bridgehead atoms. The number of unbranched alkanes of at least 4 members (excludes halogenated alkanes) is 8. The molecule has 4 aliphatic rings. The summed E-state index contributed by atoms with van der Waals surface area (Å²) in [6.45, 7) is 7.68. The molecule has 0 aliphatic carbocycles. The van der Waals surface area contributed by atoms with Gasteiger partial charge in [-0.15, -0.1) is 34.0 Å². The number of anilines is 4. The molecule has 22 nitrogen and oxygen atoms in total. The Labute approximate surface area is 633 Å². The Morgan fingerprint density at radius 2 is 0.769 bits per heavy atom. The normalized spacial score (nSPS) is 17.8. The maximum Gasteiger partial charge on any atom is 0.373 e. The average Bonchev–Trinajstić information content (AvgIpc) is 1.63. The number of nitrogens with zero attached hydrogens (tertiary/aromatic N) is 4. The van der Waals surface area contributed by atoms with Crippen LogP contribution >= 0.6 is 49.9 Å². The Kier molecular flexibility index (Phi) is 31.7. The molecule has 0 fully saturated rings. The zero-order valence-electron chi connectivity index (χ0n) is 59.5. The minimum absolute atomic E-state index is 0.0726. The molecule has 0 saturated carbocycles. The van der Waals surface area contributed by atoms with Crippen LogP contribution in [-0.4, -0.2) is 135 Å². The third-order valence-corrected chi connectivity index (χ3v) is 29.4. The number of halogens is 1. The molecule has 30 heteroatoms. The van der Waals surface area contributed by atoms with Crippen molar-refractivity contribution in [3.8, 4) is 0 Å². The Balaban J connectivity index is 0.000000174. The number of hydrogen-bond donors (Lipinski definition) is 4. The highest BCUT2D eigenvalue weighted by Gasteiger charge is 2.40. The van der Waals surface area contributed by atoms with Crippen molar-refractivity contribution in [2.24, 2.45) is 0 Å². The first kappa shape index (κ1) is 82.9. The van der Waals surface area contributed by atoms with E-state index in [-0.39, 0.29) is 30.3 Å². The highest BCUT2D eigenvalue weighted by Crippen LogP contribution is 2.48. The van der Waals surface area contributed by atoms with Gasteiger partial charge in [-0.05, 0) is 155 Å². The Hall–Kier alpha value is -6.71. The van der Waals surface area contributed by atoms with Crippen molar-refractivity contribution < 1.29 is 62.3 Å². The smallest absolute Gasteiger partial charge is 0.373 e. The molecular weight excluding hydrogens is 1530 g/mol. The number of thiophene rings is 3. The van der Waals surface area contributed by atoms with Gasteiger partial charge in [-0.1, -0.05) is 143 Å². The first-order valence-corrected chi connectivity index (χ1v) is 43.6. The minimum Gasteiger partial charge on any atom is -0.468 e. The van der Waals surface area contributed by atoms with Crippen LogP contribution in [0.3, 0.4) is 0 Å². The first-order valence-electron chi connectivity index (χ1n) is 34.4. The van der Waals surface area contributed by atoms with Crippen molar-refractivity contribution >= 4 is 125 Å². The molecule has 12 rings (SSSR count). The van der Waals surface area contributed by atoms with Crippen LogP contribution in [-0.2, 0) is 68.7 Å². The molecule has 562 valence electrons. The molecule has 7 heterocycles. The van der Waals surface area contributed by atoms with Gasteiger partial charge in [0.1, 0.15) is 0 Å². The number of rotatable bonds is 27. The fourth-order valence-electron chi connectivity index (χ4n) is 12.8. The first-order chi connectivity index (χ1) is 50.1. The molecule has 5 aromatic carbocycles. The summed E-state index contributed by atoms with van der Waals surface area (Å²) in [6.07, 6.45) is 13.3. The molecule has 0 amide bonds. The van der Waals surface area contributed by atoms with Crippen molar-refractivity contribution in [1.82, 2.24) is 21.3 Å². The van der Waals surface area contributed by atoms with E-state index in [0.29, 0.717) is 57.2 Å². The maximum atomic E-state index is 13.1. The lowest BCUT2D eigenvalue weighted by molar-refractivity contribution is -0.191. The summed E-state index contributed by atoms with van der Waals surface area (Å²) in [5.41, 5.74) is 7.11. The minimum atomic E-state index is -3.60. The van der Waals surface area contributed by atoms with E-state index in [1.165, 1.54) is 49.3 Å². The van der Waals surface area contributed by atoms with E-state index in [4.69, 9.17) is 23.8 Å². The predicted octanol–water partition coefficient (Wildman–Crippen LogP) is 13.5. The van der Waals surface area contributed by atoms with Gasteiger partial charge in [0.25, 0.3) is 46.6 Å². The van der Waals surface area contributed by atoms with Gasteiger partial charge in [-0.25, -0.2) is 33.7 Å². The van der Waals surface area contributed by atoms with E-state index >= 15 is 0 Å². The van der Waals surface area contributed by atoms with Crippen molar-refractivity contribution in [3.05, 3.63) is 197 Å². The molecule has 104 heavy (non-hydrogen) atoms. The topological polar surface area (TPSA) is 277 Å². The Morgan fingerprint density at radius 3 is 1.20 bits per heavy atom. The predicted molar refractivity (Wildman–Crippen MR) is 416 cm³/mol. The molecule has 4 atom stereocenters. The molecule has 8 aromatic rings. The van der Waals surface area contributed by atoms with Crippen molar-refractivity contribution in [3.63, 3.8) is 0 Å². The highest BCUT2D eigenvalue weighted by atomic mass is 79.9. The SMILES string of the molecule is CCCCCCCCNC1c2ccccc2S(=O)(=O)N(C)c2ccsc21.CN1c2ccccc2C(NCCCCCCOC=O)c2ccccc2S1(=O)=O.COCCCNC1c2ccccc2S(=O)(=O)N(C)c2c(Br)csc21.COCCCNC1c2ccccc2S(=O)(=O)N(C)c2ccsc21.O=C=O. The molecule has 3 aromatic heterocycles. The van der Waals surface area contributed by atoms with Gasteiger partial charge < -0.3 is 35.5 Å². The largest absolute Gasteiger partial charge is 0.468 e. The lowest BCUT2D eigenvalue weighted by Gasteiger charge is -2.22. The summed E-state index contributed by atoms with van der Waals surface area (Å²) >= 11 is 8.26. The van der Waals surface area contributed by atoms with Crippen molar-refractivity contribution in [1.29, 1.82) is 0 Å². The summed E-state index contributed by atoms with van der Waals surface area (Å²) < 4.78 is 125. The number of ether oxygens (including phenoxy) is 3. The van der Waals surface area contributed by atoms with E-state index in [9.17, 15) is 38.5 Å². The molecule has 4 aliphatic heterocycles. The summed E-state index contributed by atoms with van der Waals surface area (Å²) in [4.78, 5) is 31.0. The van der Waals surface area contributed by atoms with Gasteiger partial charge in [-0.2, -0.15) is 9.59 Å². The number of carbonyl (C=O) groups excluding carboxylic acids is 3. The summed E-state index contributed by atoms with van der Waals surface area (Å²) in [6, 6.07) is 39.9. The number of para-hydroxylation sites is 1. The maximum absolute atomic E-state index is 13.1. The number of fused-ring (bicyclic) bond motifs is 8. The summed E-state index contributed by atoms with van der Waals surface area (Å²) in [5.74, 6) is 0. The second-order valence-electron chi connectivity index (χ2n) is 24.7. The second-order valence-corrected chi connectivity index (χ2v) is 36.1. The molecular formula is C74H93BrN8O14S7. The van der Waals surface area contributed by atoms with E-state index in [1.807, 2.05) is 101 Å². The zero-order chi connectivity index (χ0) is 75.0. The van der Waals surface area contributed by atoms with Crippen LogP contribution in [0, 0.1) is 0 Å². The second kappa shape index (κ2) is 39.8. The third-order valence-electron chi connectivity index (χ3n) is 18.2. The number of sulfonamides is 4. The van der Waals surface area contributed by atoms with Crippen LogP contribution in [0.25, 0.3) is 0 Å². The van der Waals surface area contributed by atoms with Crippen molar-refractivity contribution in [2.75, 3.05) is 106 Å². The zero-order valence-corrected chi connectivity index (χ0v) is 66.8. The van der Waals surface area contributed by atoms with E-state index in [2.05, 4.69) is 44.1 Å². The molecule has 0 spiro atoms. The van der Waals surface area contributed by atoms with Crippen LogP contribution in [0.5, 0.6) is 0 Å². The van der Waals surface area contributed by atoms with Gasteiger partial charge in [0.2, 0.25) is 0 Å². The molecule has 4 unspecified atom stereocenters. The quantitative estimate of drug-likeness (QED) is 0.0275. The molecule has 0 radical (unpaired) electrons. The Bertz CT molecular complexity index is 4610. The lowest BCUT2D eigenvalue weighted by Crippen LogP contribution is -2.26. The highest BCUT2D eigenvalue weighted by molar-refractivity contribution is 9.10. The fourth-order valence-corrected chi connectivity index (χ4v) is 22.9. The summed E-state index contributed by atoms with van der Waals surface area (Å²) in [7, 11) is -4.41. The van der Waals surface area contributed by atoms with E-state index < -0.39 is 40.1 Å². The monoisotopic (exact) mass is 1620 g/mol. The van der Waals surface area contributed by atoms with Crippen molar-refractivity contribution in [2.45, 2.75) is 128 Å². The van der Waals surface area contributed by atoms with Gasteiger partial charge in [0.15, 0.2) is 0 Å². The number of carbonyl (C=O) groups is 1. The summed E-state index contributed by atoms with van der Waals surface area (Å²) in [5, 5.41) is 20.0. The number of hydrogen-bond acceptors (Lipinski definition) is 21. The third kappa shape index (κ3) is 19.5. The average molecular weight is 1620 g/mol. The Morgan fingerprint density at radius 1 is 0.423 bits per heavy atom. The van der Waals surface area contributed by atoms with Crippen LogP contribution in [0.15, 0.2) is 174 Å². The number of methoxy groups -OCH3 is 2. The van der Waals surface area contributed by atoms with Gasteiger partial charge in [0, 0.05) is 61.0 Å². The van der Waals surface area contributed by atoms with Crippen LogP contribution in [0.4, 0.5) is 22.7 Å². The molecule has 0 saturated heterocycles. The van der Waals surface area contributed by atoms with Gasteiger partial charge in [0.05, 0.1) is 92.2 Å². The standard InChI is InChI=1S/C21H26N2O4S.C20H28N2O2S2.C16H19BrN2O3S2.C16H20N2O3S2.CO2/c1-23-19-12-6-4-10-17(19)21(22-14-8-2-3-9-15-27-16-24)18-11-5-7-13-20(18)28(23,25)26;1-3-4-5-6-7-10-14-21-19-16-11-8-9-12-18(16)26(23,24)22(2)17-13-15-25-20(17)19;1-19-15-12(17)10-23-16(15)14(18-8-5-9-22-2)11-6-3-4-7-13(11)24(19,20)21;1-18-13-8-11-22-16(13)15(17-9-5-10-21-2)12-6-3-4-7-14(12)23(18,19)20;2-1-3/h4-7,10-13,16,21-22H,2-3,8-9,14-15H2,1H3;8-9,11-13,15,19,21H,3-7,10,14H2,1-2H3;3-4,6-7,10,14,18H,5,8-9H2,1-2H3;3-4,6-8,11,15,17H,5,9-10H2,1-2H3;. The van der Waals surface area contributed by atoms with Gasteiger partial charge >= 0.3 is 6.15 Å². The van der Waals surface area contributed by atoms with Crippen LogP contribution < -0.4 is 38.5 Å². The number of benzene rings is 5. The van der Waals surface area contributed by atoms with E-state index in [0.717, 1.165) is 129 Å². The molecule has 4 N–H and O–H groups in total. The van der Waals surface area contributed by atoms with Crippen LogP contribution in [0.2, 0.25) is 0 Å². The van der Waals surface area contributed by atoms with E-state index in [1.54, 1.807) is 125 Å². The number of nitrogens with one attached hydrogen (secondary N) is 4.